The van der Waals surface area contributed by atoms with Crippen LogP contribution in [0.15, 0.2) is 64.8 Å². The first-order chi connectivity index (χ1) is 10.2. The van der Waals surface area contributed by atoms with Crippen LogP contribution in [0, 0.1) is 0 Å². The van der Waals surface area contributed by atoms with Gasteiger partial charge in [0.2, 0.25) is 5.96 Å². The molecule has 0 heterocycles. The molecule has 0 saturated heterocycles. The number of nitrogens with zero attached hydrogens (tertiary/aromatic N) is 2. The zero-order valence-electron chi connectivity index (χ0n) is 12.3. The van der Waals surface area contributed by atoms with Crippen molar-refractivity contribution in [3.63, 3.8) is 0 Å². The van der Waals surface area contributed by atoms with Gasteiger partial charge in [0.1, 0.15) is 5.75 Å². The molecule has 0 aliphatic carbocycles. The molecule has 0 aliphatic rings. The molecule has 2 aromatic carbocycles. The Labute approximate surface area is 136 Å². The number of hydrogen-bond acceptors (Lipinski definition) is 3. The van der Waals surface area contributed by atoms with Crippen LogP contribution in [0.3, 0.4) is 0 Å². The fourth-order valence-electron chi connectivity index (χ4n) is 1.89. The molecule has 22 heavy (non-hydrogen) atoms. The first-order valence-electron chi connectivity index (χ1n) is 6.53. The van der Waals surface area contributed by atoms with Crippen LogP contribution in [0.1, 0.15) is 11.1 Å². The molecule has 2 rings (SSSR count). The van der Waals surface area contributed by atoms with Gasteiger partial charge >= 0.3 is 0 Å². The van der Waals surface area contributed by atoms with Gasteiger partial charge in [-0.1, -0.05) is 30.3 Å². The van der Waals surface area contributed by atoms with Crippen LogP contribution in [0.2, 0.25) is 0 Å². The lowest BCUT2D eigenvalue weighted by atomic mass is 10.0. The van der Waals surface area contributed by atoms with Gasteiger partial charge < -0.3 is 16.2 Å². The Morgan fingerprint density at radius 3 is 2.14 bits per heavy atom. The molecule has 0 aromatic heterocycles. The molecule has 2 aromatic rings. The van der Waals surface area contributed by atoms with Crippen molar-refractivity contribution in [3.8, 4) is 5.75 Å². The van der Waals surface area contributed by atoms with Crippen molar-refractivity contribution in [2.24, 2.45) is 21.7 Å². The maximum atomic E-state index is 5.36. The zero-order chi connectivity index (χ0) is 15.1. The molecule has 6 heteroatoms. The molecular formula is C16H19ClN4O. The molecule has 0 spiro atoms. The highest BCUT2D eigenvalue weighted by Gasteiger charge is 2.06. The van der Waals surface area contributed by atoms with E-state index >= 15 is 0 Å². The zero-order valence-corrected chi connectivity index (χ0v) is 13.1. The van der Waals surface area contributed by atoms with Crippen LogP contribution in [-0.2, 0) is 6.42 Å². The Hall–Kier alpha value is -2.53. The summed E-state index contributed by atoms with van der Waals surface area (Å²) < 4.78 is 5.16. The largest absolute Gasteiger partial charge is 0.497 e. The molecule has 0 fully saturated rings. The predicted molar refractivity (Wildman–Crippen MR) is 92.7 cm³/mol. The summed E-state index contributed by atoms with van der Waals surface area (Å²) in [5, 5.41) is 7.93. The Kier molecular flexibility index (Phi) is 6.92. The molecule has 0 amide bonds. The Morgan fingerprint density at radius 1 is 0.955 bits per heavy atom. The number of halogens is 1. The van der Waals surface area contributed by atoms with E-state index in [-0.39, 0.29) is 18.4 Å². The van der Waals surface area contributed by atoms with Gasteiger partial charge in [-0.05, 0) is 35.4 Å². The van der Waals surface area contributed by atoms with E-state index in [0.29, 0.717) is 6.42 Å². The summed E-state index contributed by atoms with van der Waals surface area (Å²) in [6, 6.07) is 17.7. The van der Waals surface area contributed by atoms with E-state index in [4.69, 9.17) is 16.2 Å². The number of guanidine groups is 1. The Bertz CT molecular complexity index is 635. The summed E-state index contributed by atoms with van der Waals surface area (Å²) >= 11 is 0. The van der Waals surface area contributed by atoms with Crippen molar-refractivity contribution < 1.29 is 4.74 Å². The van der Waals surface area contributed by atoms with Crippen molar-refractivity contribution >= 4 is 24.1 Å². The predicted octanol–water partition coefficient (Wildman–Crippen LogP) is 2.34. The standard InChI is InChI=1S/C16H18N4O.ClH/c1-21-14-9-7-13(8-10-14)15(19-20-16(17)18)11-12-5-3-2-4-6-12;/h2-10H,11H2,1H3,(H4,17,18,20);1H/b19-15-;. The summed E-state index contributed by atoms with van der Waals surface area (Å²) in [6.07, 6.45) is 0.643. The molecule has 0 unspecified atom stereocenters. The summed E-state index contributed by atoms with van der Waals surface area (Å²) in [5.74, 6) is 0.730. The van der Waals surface area contributed by atoms with Gasteiger partial charge in [0.05, 0.1) is 12.8 Å². The number of benzene rings is 2. The minimum Gasteiger partial charge on any atom is -0.497 e. The molecule has 0 atom stereocenters. The van der Waals surface area contributed by atoms with Crippen LogP contribution in [0.25, 0.3) is 0 Å². The Morgan fingerprint density at radius 2 is 1.59 bits per heavy atom. The number of rotatable bonds is 5. The van der Waals surface area contributed by atoms with Crippen molar-refractivity contribution in [1.29, 1.82) is 0 Å². The third-order valence-corrected chi connectivity index (χ3v) is 2.92. The normalized spacial score (nSPS) is 10.5. The number of hydrogen-bond donors (Lipinski definition) is 2. The molecule has 0 radical (unpaired) electrons. The summed E-state index contributed by atoms with van der Waals surface area (Å²) in [4.78, 5) is 0. The van der Waals surface area contributed by atoms with Gasteiger partial charge in [-0.3, -0.25) is 0 Å². The topological polar surface area (TPSA) is 86.0 Å². The smallest absolute Gasteiger partial charge is 0.211 e. The van der Waals surface area contributed by atoms with Crippen molar-refractivity contribution in [2.45, 2.75) is 6.42 Å². The van der Waals surface area contributed by atoms with E-state index in [1.54, 1.807) is 7.11 Å². The first kappa shape index (κ1) is 17.5. The van der Waals surface area contributed by atoms with E-state index in [2.05, 4.69) is 10.2 Å². The molecule has 4 N–H and O–H groups in total. The molecule has 5 nitrogen and oxygen atoms in total. The lowest BCUT2D eigenvalue weighted by Gasteiger charge is -2.07. The maximum Gasteiger partial charge on any atom is 0.211 e. The Balaban J connectivity index is 0.00000242. The monoisotopic (exact) mass is 318 g/mol. The number of methoxy groups -OCH3 is 1. The van der Waals surface area contributed by atoms with Crippen LogP contribution >= 0.6 is 12.4 Å². The van der Waals surface area contributed by atoms with Gasteiger partial charge in [0, 0.05) is 6.42 Å². The SMILES string of the molecule is COc1ccc(/C(Cc2ccccc2)=N\N=C(N)N)cc1.Cl. The first-order valence-corrected chi connectivity index (χ1v) is 6.53. The fraction of sp³-hybridized carbons (Fsp3) is 0.125. The molecule has 0 bridgehead atoms. The van der Waals surface area contributed by atoms with Crippen LogP contribution in [-0.4, -0.2) is 18.8 Å². The molecular weight excluding hydrogens is 300 g/mol. The van der Waals surface area contributed by atoms with Crippen molar-refractivity contribution in [1.82, 2.24) is 0 Å². The minimum absolute atomic E-state index is 0. The van der Waals surface area contributed by atoms with Crippen LogP contribution < -0.4 is 16.2 Å². The molecule has 0 saturated carbocycles. The van der Waals surface area contributed by atoms with Gasteiger partial charge in [0.25, 0.3) is 0 Å². The van der Waals surface area contributed by atoms with Crippen LogP contribution in [0.4, 0.5) is 0 Å². The second kappa shape index (κ2) is 8.69. The third kappa shape index (κ3) is 5.10. The lowest BCUT2D eigenvalue weighted by Crippen LogP contribution is -2.22. The molecule has 116 valence electrons. The van der Waals surface area contributed by atoms with E-state index in [9.17, 15) is 0 Å². The average molecular weight is 319 g/mol. The maximum absolute atomic E-state index is 5.36. The summed E-state index contributed by atoms with van der Waals surface area (Å²) in [5.41, 5.74) is 13.6. The highest BCUT2D eigenvalue weighted by Crippen LogP contribution is 2.14. The van der Waals surface area contributed by atoms with Crippen LogP contribution in [0.5, 0.6) is 5.75 Å². The van der Waals surface area contributed by atoms with Gasteiger partial charge in [-0.2, -0.15) is 5.10 Å². The van der Waals surface area contributed by atoms with Gasteiger partial charge in [0.15, 0.2) is 0 Å². The minimum atomic E-state index is -0.0610. The summed E-state index contributed by atoms with van der Waals surface area (Å²) in [7, 11) is 1.63. The average Bonchev–Trinajstić information content (AvgIpc) is 2.52. The quantitative estimate of drug-likeness (QED) is 0.504. The van der Waals surface area contributed by atoms with E-state index in [1.165, 1.54) is 0 Å². The second-order valence-electron chi connectivity index (χ2n) is 4.46. The van der Waals surface area contributed by atoms with Gasteiger partial charge in [-0.25, -0.2) is 0 Å². The highest BCUT2D eigenvalue weighted by molar-refractivity contribution is 6.02. The third-order valence-electron chi connectivity index (χ3n) is 2.92. The molecule has 0 aliphatic heterocycles. The van der Waals surface area contributed by atoms with Crippen molar-refractivity contribution in [2.75, 3.05) is 7.11 Å². The van der Waals surface area contributed by atoms with Gasteiger partial charge in [-0.15, -0.1) is 17.5 Å². The van der Waals surface area contributed by atoms with E-state index < -0.39 is 0 Å². The number of ether oxygens (including phenoxy) is 1. The second-order valence-corrected chi connectivity index (χ2v) is 4.46. The summed E-state index contributed by atoms with van der Waals surface area (Å²) in [6.45, 7) is 0. The number of nitrogens with two attached hydrogens (primary N) is 2. The van der Waals surface area contributed by atoms with E-state index in [0.717, 1.165) is 22.6 Å². The highest BCUT2D eigenvalue weighted by atomic mass is 35.5. The van der Waals surface area contributed by atoms with Crippen molar-refractivity contribution in [3.05, 3.63) is 65.7 Å². The fourth-order valence-corrected chi connectivity index (χ4v) is 1.89. The van der Waals surface area contributed by atoms with E-state index in [1.807, 2.05) is 54.6 Å². The lowest BCUT2D eigenvalue weighted by molar-refractivity contribution is 0.415.